The fourth-order valence-electron chi connectivity index (χ4n) is 3.32. The van der Waals surface area contributed by atoms with Crippen LogP contribution in [0.3, 0.4) is 0 Å². The molecule has 0 radical (unpaired) electrons. The Kier molecular flexibility index (Phi) is 4.13. The van der Waals surface area contributed by atoms with Crippen molar-refractivity contribution in [2.75, 3.05) is 31.1 Å². The second kappa shape index (κ2) is 6.44. The van der Waals surface area contributed by atoms with Crippen molar-refractivity contribution in [3.05, 3.63) is 36.2 Å². The van der Waals surface area contributed by atoms with Crippen LogP contribution in [0.25, 0.3) is 22.3 Å². The Morgan fingerprint density at radius 3 is 2.60 bits per heavy atom. The van der Waals surface area contributed by atoms with Crippen LogP contribution >= 0.6 is 0 Å². The van der Waals surface area contributed by atoms with E-state index in [0.717, 1.165) is 54.3 Å². The molecule has 1 N–H and O–H groups in total. The van der Waals surface area contributed by atoms with Gasteiger partial charge in [0, 0.05) is 49.4 Å². The van der Waals surface area contributed by atoms with Gasteiger partial charge in [-0.15, -0.1) is 0 Å². The number of nitrogens with zero attached hydrogens (tertiary/aromatic N) is 5. The van der Waals surface area contributed by atoms with Gasteiger partial charge in [-0.05, 0) is 44.5 Å². The summed E-state index contributed by atoms with van der Waals surface area (Å²) in [6.07, 6.45) is 3.84. The Balaban J connectivity index is 1.70. The maximum absolute atomic E-state index is 4.87. The summed E-state index contributed by atoms with van der Waals surface area (Å²) in [5.74, 6) is 1.04. The van der Waals surface area contributed by atoms with Crippen molar-refractivity contribution in [2.24, 2.45) is 0 Å². The lowest BCUT2D eigenvalue weighted by Crippen LogP contribution is -2.43. The second-order valence-electron chi connectivity index (χ2n) is 6.89. The first kappa shape index (κ1) is 16.0. The summed E-state index contributed by atoms with van der Waals surface area (Å²) < 4.78 is 1.98. The van der Waals surface area contributed by atoms with Gasteiger partial charge in [-0.25, -0.2) is 14.6 Å². The second-order valence-corrected chi connectivity index (χ2v) is 6.89. The normalized spacial score (nSPS) is 15.3. The molecule has 3 aromatic heterocycles. The van der Waals surface area contributed by atoms with Crippen LogP contribution in [0.2, 0.25) is 0 Å². The standard InChI is InChI=1S/C19H24N6/c1-13(2)25-19-16(12-22-25)14(3)10-17(23-19)15-4-5-18(21-11-15)24-8-6-20-7-9-24/h4-5,10-13,20H,6-9H2,1-3H3. The molecule has 1 fully saturated rings. The Morgan fingerprint density at radius 1 is 1.12 bits per heavy atom. The van der Waals surface area contributed by atoms with Gasteiger partial charge in [0.15, 0.2) is 5.65 Å². The van der Waals surface area contributed by atoms with Crippen molar-refractivity contribution in [1.29, 1.82) is 0 Å². The van der Waals surface area contributed by atoms with Crippen LogP contribution in [0.4, 0.5) is 5.82 Å². The first-order valence-corrected chi connectivity index (χ1v) is 8.90. The number of piperazine rings is 1. The van der Waals surface area contributed by atoms with E-state index in [-0.39, 0.29) is 6.04 Å². The number of nitrogens with one attached hydrogen (secondary N) is 1. The van der Waals surface area contributed by atoms with E-state index in [2.05, 4.69) is 59.3 Å². The molecule has 6 heteroatoms. The topological polar surface area (TPSA) is 58.9 Å². The van der Waals surface area contributed by atoms with Crippen molar-refractivity contribution in [2.45, 2.75) is 26.8 Å². The summed E-state index contributed by atoms with van der Waals surface area (Å²) in [6, 6.07) is 6.62. The van der Waals surface area contributed by atoms with Crippen LogP contribution in [0.1, 0.15) is 25.5 Å². The number of pyridine rings is 2. The summed E-state index contributed by atoms with van der Waals surface area (Å²) in [4.78, 5) is 11.9. The largest absolute Gasteiger partial charge is 0.354 e. The van der Waals surface area contributed by atoms with Gasteiger partial charge < -0.3 is 10.2 Å². The van der Waals surface area contributed by atoms with E-state index in [1.54, 1.807) is 0 Å². The molecule has 0 atom stereocenters. The van der Waals surface area contributed by atoms with Gasteiger partial charge in [-0.2, -0.15) is 5.10 Å². The van der Waals surface area contributed by atoms with Crippen LogP contribution in [0.5, 0.6) is 0 Å². The highest BCUT2D eigenvalue weighted by atomic mass is 15.3. The summed E-state index contributed by atoms with van der Waals surface area (Å²) in [7, 11) is 0. The van der Waals surface area contributed by atoms with Crippen LogP contribution in [-0.4, -0.2) is 45.9 Å². The number of hydrogen-bond donors (Lipinski definition) is 1. The molecule has 3 aromatic rings. The monoisotopic (exact) mass is 336 g/mol. The maximum atomic E-state index is 4.87. The average molecular weight is 336 g/mol. The van der Waals surface area contributed by atoms with Crippen LogP contribution in [0, 0.1) is 6.92 Å². The Morgan fingerprint density at radius 2 is 1.92 bits per heavy atom. The third-order valence-electron chi connectivity index (χ3n) is 4.75. The van der Waals surface area contributed by atoms with Gasteiger partial charge in [0.05, 0.1) is 11.9 Å². The minimum Gasteiger partial charge on any atom is -0.354 e. The van der Waals surface area contributed by atoms with Gasteiger partial charge in [0.1, 0.15) is 5.82 Å². The van der Waals surface area contributed by atoms with Crippen molar-refractivity contribution in [1.82, 2.24) is 25.1 Å². The van der Waals surface area contributed by atoms with Gasteiger partial charge in [0.25, 0.3) is 0 Å². The van der Waals surface area contributed by atoms with Crippen LogP contribution in [0.15, 0.2) is 30.6 Å². The molecule has 0 amide bonds. The molecular weight excluding hydrogens is 312 g/mol. The zero-order valence-electron chi connectivity index (χ0n) is 15.0. The number of fused-ring (bicyclic) bond motifs is 1. The SMILES string of the molecule is Cc1cc(-c2ccc(N3CCNCC3)nc2)nc2c1cnn2C(C)C. The lowest BCUT2D eigenvalue weighted by molar-refractivity contribution is 0.546. The van der Waals surface area contributed by atoms with Crippen molar-refractivity contribution < 1.29 is 0 Å². The Bertz CT molecular complexity index is 875. The van der Waals surface area contributed by atoms with Gasteiger partial charge in [-0.3, -0.25) is 0 Å². The number of anilines is 1. The Hall–Kier alpha value is -2.47. The minimum atomic E-state index is 0.285. The molecule has 4 rings (SSSR count). The van der Waals surface area contributed by atoms with E-state index in [9.17, 15) is 0 Å². The average Bonchev–Trinajstić information content (AvgIpc) is 3.07. The zero-order chi connectivity index (χ0) is 17.4. The number of hydrogen-bond acceptors (Lipinski definition) is 5. The molecule has 1 aliphatic heterocycles. The first-order chi connectivity index (χ1) is 12.1. The third kappa shape index (κ3) is 2.98. The summed E-state index contributed by atoms with van der Waals surface area (Å²) in [5, 5.41) is 8.97. The molecule has 4 heterocycles. The van der Waals surface area contributed by atoms with E-state index in [4.69, 9.17) is 4.98 Å². The predicted octanol–water partition coefficient (Wildman–Crippen LogP) is 2.79. The molecule has 1 saturated heterocycles. The lowest BCUT2D eigenvalue weighted by atomic mass is 10.1. The molecular formula is C19H24N6. The van der Waals surface area contributed by atoms with Crippen molar-refractivity contribution in [3.8, 4) is 11.3 Å². The quantitative estimate of drug-likeness (QED) is 0.797. The summed E-state index contributed by atoms with van der Waals surface area (Å²) in [5.41, 5.74) is 4.13. The van der Waals surface area contributed by atoms with E-state index >= 15 is 0 Å². The van der Waals surface area contributed by atoms with Crippen molar-refractivity contribution >= 4 is 16.9 Å². The third-order valence-corrected chi connectivity index (χ3v) is 4.75. The Labute approximate surface area is 147 Å². The molecule has 130 valence electrons. The fourth-order valence-corrected chi connectivity index (χ4v) is 3.32. The molecule has 25 heavy (non-hydrogen) atoms. The van der Waals surface area contributed by atoms with Crippen LogP contribution < -0.4 is 10.2 Å². The molecule has 0 aromatic carbocycles. The molecule has 0 aliphatic carbocycles. The summed E-state index contributed by atoms with van der Waals surface area (Å²) >= 11 is 0. The van der Waals surface area contributed by atoms with E-state index in [1.807, 2.05) is 17.1 Å². The highest BCUT2D eigenvalue weighted by Gasteiger charge is 2.14. The van der Waals surface area contributed by atoms with E-state index in [1.165, 1.54) is 5.56 Å². The maximum Gasteiger partial charge on any atom is 0.158 e. The van der Waals surface area contributed by atoms with E-state index < -0.39 is 0 Å². The van der Waals surface area contributed by atoms with Gasteiger partial charge in [0.2, 0.25) is 0 Å². The van der Waals surface area contributed by atoms with Crippen molar-refractivity contribution in [3.63, 3.8) is 0 Å². The molecule has 0 bridgehead atoms. The molecule has 6 nitrogen and oxygen atoms in total. The molecule has 0 spiro atoms. The van der Waals surface area contributed by atoms with E-state index in [0.29, 0.717) is 0 Å². The highest BCUT2D eigenvalue weighted by Crippen LogP contribution is 2.26. The molecule has 0 saturated carbocycles. The fraction of sp³-hybridized carbons (Fsp3) is 0.421. The zero-order valence-corrected chi connectivity index (χ0v) is 15.0. The summed E-state index contributed by atoms with van der Waals surface area (Å²) in [6.45, 7) is 10.4. The number of aromatic nitrogens is 4. The van der Waals surface area contributed by atoms with Gasteiger partial charge >= 0.3 is 0 Å². The highest BCUT2D eigenvalue weighted by molar-refractivity contribution is 5.82. The molecule has 0 unspecified atom stereocenters. The molecule has 1 aliphatic rings. The first-order valence-electron chi connectivity index (χ1n) is 8.90. The lowest BCUT2D eigenvalue weighted by Gasteiger charge is -2.28. The van der Waals surface area contributed by atoms with Crippen LogP contribution in [-0.2, 0) is 0 Å². The number of rotatable bonds is 3. The minimum absolute atomic E-state index is 0.285. The van der Waals surface area contributed by atoms with Gasteiger partial charge in [-0.1, -0.05) is 0 Å². The smallest absolute Gasteiger partial charge is 0.158 e. The predicted molar refractivity (Wildman–Crippen MR) is 101 cm³/mol. The number of aryl methyl sites for hydroxylation is 1.